The van der Waals surface area contributed by atoms with Gasteiger partial charge in [0.25, 0.3) is 5.56 Å². The fraction of sp³-hybridized carbons (Fsp3) is 0.600. The molecule has 1 aromatic heterocycles. The molecule has 0 bridgehead atoms. The first-order valence-corrected chi connectivity index (χ1v) is 7.36. The van der Waals surface area contributed by atoms with Gasteiger partial charge in [0.05, 0.1) is 0 Å². The zero-order chi connectivity index (χ0) is 14.1. The molecule has 0 spiro atoms. The van der Waals surface area contributed by atoms with E-state index in [1.807, 2.05) is 17.9 Å². The predicted molar refractivity (Wildman–Crippen MR) is 76.6 cm³/mol. The molecule has 2 fully saturated rings. The van der Waals surface area contributed by atoms with E-state index in [2.05, 4.69) is 5.32 Å². The maximum atomic E-state index is 12.0. The average molecular weight is 275 g/mol. The molecular formula is C15H21N3O2. The summed E-state index contributed by atoms with van der Waals surface area (Å²) in [5, 5.41) is 3.39. The summed E-state index contributed by atoms with van der Waals surface area (Å²) in [4.78, 5) is 25.8. The zero-order valence-corrected chi connectivity index (χ0v) is 11.8. The van der Waals surface area contributed by atoms with E-state index in [9.17, 15) is 9.59 Å². The number of carbonyl (C=O) groups excluding carboxylic acids is 1. The van der Waals surface area contributed by atoms with Gasteiger partial charge in [0.15, 0.2) is 0 Å². The molecule has 1 N–H and O–H groups in total. The summed E-state index contributed by atoms with van der Waals surface area (Å²) in [7, 11) is 0. The van der Waals surface area contributed by atoms with Gasteiger partial charge >= 0.3 is 0 Å². The highest BCUT2D eigenvalue weighted by molar-refractivity contribution is 5.80. The van der Waals surface area contributed by atoms with Crippen molar-refractivity contribution in [3.8, 4) is 0 Å². The fourth-order valence-corrected chi connectivity index (χ4v) is 3.43. The quantitative estimate of drug-likeness (QED) is 0.871. The summed E-state index contributed by atoms with van der Waals surface area (Å²) < 4.78 is 1.78. The Kier molecular flexibility index (Phi) is 3.61. The first kappa shape index (κ1) is 13.4. The number of carbonyl (C=O) groups is 1. The second-order valence-corrected chi connectivity index (χ2v) is 5.72. The second-order valence-electron chi connectivity index (χ2n) is 5.72. The van der Waals surface area contributed by atoms with E-state index in [0.29, 0.717) is 25.0 Å². The molecule has 108 valence electrons. The normalized spacial score (nSPS) is 25.2. The first-order valence-electron chi connectivity index (χ1n) is 7.36. The lowest BCUT2D eigenvalue weighted by atomic mass is 10.1. The standard InChI is InChI=1S/C15H21N3O2/c1-11-4-2-5-14(19)17(11)8-3-9-18-13-6-7-16-12(13)10-15(18)20/h2,4-5,12-13,16H,3,6-10H2,1H3/t12-,13-/m1/s1. The lowest BCUT2D eigenvalue weighted by Gasteiger charge is -2.23. The Hall–Kier alpha value is -1.62. The van der Waals surface area contributed by atoms with Gasteiger partial charge in [-0.2, -0.15) is 0 Å². The van der Waals surface area contributed by atoms with Gasteiger partial charge in [0.1, 0.15) is 0 Å². The summed E-state index contributed by atoms with van der Waals surface area (Å²) in [6.07, 6.45) is 2.52. The van der Waals surface area contributed by atoms with Crippen LogP contribution in [-0.4, -0.2) is 40.5 Å². The Labute approximate surface area is 118 Å². The molecule has 20 heavy (non-hydrogen) atoms. The van der Waals surface area contributed by atoms with Crippen LogP contribution >= 0.6 is 0 Å². The predicted octanol–water partition coefficient (Wildman–Crippen LogP) is 0.510. The van der Waals surface area contributed by atoms with Crippen molar-refractivity contribution in [3.63, 3.8) is 0 Å². The van der Waals surface area contributed by atoms with Crippen LogP contribution in [0.3, 0.4) is 0 Å². The van der Waals surface area contributed by atoms with Gasteiger partial charge in [0, 0.05) is 43.4 Å². The topological polar surface area (TPSA) is 54.3 Å². The van der Waals surface area contributed by atoms with E-state index in [1.54, 1.807) is 16.7 Å². The fourth-order valence-electron chi connectivity index (χ4n) is 3.43. The van der Waals surface area contributed by atoms with Gasteiger partial charge in [-0.05, 0) is 32.4 Å². The van der Waals surface area contributed by atoms with Crippen molar-refractivity contribution >= 4 is 5.91 Å². The molecule has 2 aliphatic rings. The van der Waals surface area contributed by atoms with E-state index in [0.717, 1.165) is 31.6 Å². The van der Waals surface area contributed by atoms with Crippen LogP contribution in [0.5, 0.6) is 0 Å². The van der Waals surface area contributed by atoms with Gasteiger partial charge in [-0.3, -0.25) is 9.59 Å². The van der Waals surface area contributed by atoms with Crippen LogP contribution < -0.4 is 10.9 Å². The van der Waals surface area contributed by atoms with Crippen LogP contribution in [0, 0.1) is 6.92 Å². The van der Waals surface area contributed by atoms with Crippen LogP contribution in [0.2, 0.25) is 0 Å². The molecule has 1 aromatic rings. The Morgan fingerprint density at radius 1 is 1.30 bits per heavy atom. The summed E-state index contributed by atoms with van der Waals surface area (Å²) in [5.41, 5.74) is 1.02. The van der Waals surface area contributed by atoms with Crippen LogP contribution in [0.25, 0.3) is 0 Å². The maximum Gasteiger partial charge on any atom is 0.250 e. The molecule has 5 nitrogen and oxygen atoms in total. The first-order chi connectivity index (χ1) is 9.66. The number of amides is 1. The highest BCUT2D eigenvalue weighted by atomic mass is 16.2. The second kappa shape index (κ2) is 5.40. The third-order valence-corrected chi connectivity index (χ3v) is 4.48. The van der Waals surface area contributed by atoms with E-state index in [1.165, 1.54) is 0 Å². The monoisotopic (exact) mass is 275 g/mol. The lowest BCUT2D eigenvalue weighted by molar-refractivity contribution is -0.129. The molecular weight excluding hydrogens is 254 g/mol. The molecule has 3 rings (SSSR count). The van der Waals surface area contributed by atoms with E-state index in [-0.39, 0.29) is 11.5 Å². The Bertz CT molecular complexity index is 566. The highest BCUT2D eigenvalue weighted by Gasteiger charge is 2.41. The lowest BCUT2D eigenvalue weighted by Crippen LogP contribution is -2.37. The number of aryl methyl sites for hydroxylation is 1. The zero-order valence-electron chi connectivity index (χ0n) is 11.8. The third kappa shape index (κ3) is 2.38. The molecule has 1 amide bonds. The van der Waals surface area contributed by atoms with Gasteiger partial charge < -0.3 is 14.8 Å². The molecule has 2 aliphatic heterocycles. The van der Waals surface area contributed by atoms with Crippen LogP contribution in [0.4, 0.5) is 0 Å². The maximum absolute atomic E-state index is 12.0. The van der Waals surface area contributed by atoms with Gasteiger partial charge in [-0.15, -0.1) is 0 Å². The molecule has 0 unspecified atom stereocenters. The number of nitrogens with one attached hydrogen (secondary N) is 1. The van der Waals surface area contributed by atoms with Crippen molar-refractivity contribution in [1.29, 1.82) is 0 Å². The largest absolute Gasteiger partial charge is 0.338 e. The smallest absolute Gasteiger partial charge is 0.250 e. The third-order valence-electron chi connectivity index (χ3n) is 4.48. The van der Waals surface area contributed by atoms with Crippen molar-refractivity contribution in [2.45, 2.75) is 44.8 Å². The molecule has 0 aliphatic carbocycles. The Morgan fingerprint density at radius 3 is 2.95 bits per heavy atom. The molecule has 2 saturated heterocycles. The van der Waals surface area contributed by atoms with Gasteiger partial charge in [-0.1, -0.05) is 6.07 Å². The van der Waals surface area contributed by atoms with Crippen LogP contribution in [-0.2, 0) is 11.3 Å². The molecule has 5 heteroatoms. The highest BCUT2D eigenvalue weighted by Crippen LogP contribution is 2.26. The number of likely N-dealkylation sites (tertiary alicyclic amines) is 1. The number of aromatic nitrogens is 1. The minimum absolute atomic E-state index is 0.0400. The number of nitrogens with zero attached hydrogens (tertiary/aromatic N) is 2. The van der Waals surface area contributed by atoms with Crippen molar-refractivity contribution in [1.82, 2.24) is 14.8 Å². The molecule has 2 atom stereocenters. The Balaban J connectivity index is 1.60. The number of hydrogen-bond donors (Lipinski definition) is 1. The number of pyridine rings is 1. The molecule has 0 aromatic carbocycles. The van der Waals surface area contributed by atoms with Gasteiger partial charge in [-0.25, -0.2) is 0 Å². The molecule has 3 heterocycles. The van der Waals surface area contributed by atoms with Crippen LogP contribution in [0.15, 0.2) is 23.0 Å². The van der Waals surface area contributed by atoms with Crippen molar-refractivity contribution in [2.24, 2.45) is 0 Å². The van der Waals surface area contributed by atoms with Crippen molar-refractivity contribution in [3.05, 3.63) is 34.2 Å². The van der Waals surface area contributed by atoms with E-state index < -0.39 is 0 Å². The van der Waals surface area contributed by atoms with Crippen molar-refractivity contribution in [2.75, 3.05) is 13.1 Å². The van der Waals surface area contributed by atoms with Crippen molar-refractivity contribution < 1.29 is 4.79 Å². The van der Waals surface area contributed by atoms with Crippen LogP contribution in [0.1, 0.15) is 25.0 Å². The summed E-state index contributed by atoms with van der Waals surface area (Å²) >= 11 is 0. The molecule has 0 saturated carbocycles. The summed E-state index contributed by atoms with van der Waals surface area (Å²) in [6, 6.07) is 6.04. The number of hydrogen-bond acceptors (Lipinski definition) is 3. The summed E-state index contributed by atoms with van der Waals surface area (Å²) in [5.74, 6) is 0.254. The van der Waals surface area contributed by atoms with E-state index in [4.69, 9.17) is 0 Å². The summed E-state index contributed by atoms with van der Waals surface area (Å²) in [6.45, 7) is 4.39. The number of fused-ring (bicyclic) bond motifs is 1. The number of rotatable bonds is 4. The molecule has 0 radical (unpaired) electrons. The minimum atomic E-state index is 0.0400. The minimum Gasteiger partial charge on any atom is -0.338 e. The van der Waals surface area contributed by atoms with Gasteiger partial charge in [0.2, 0.25) is 5.91 Å². The SMILES string of the molecule is Cc1cccc(=O)n1CCCN1C(=O)C[C@H]2NCC[C@H]21. The van der Waals surface area contributed by atoms with E-state index >= 15 is 0 Å². The average Bonchev–Trinajstić information content (AvgIpc) is 2.95. The Morgan fingerprint density at radius 2 is 2.15 bits per heavy atom.